The maximum Gasteiger partial charge on any atom is 0.151 e. The van der Waals surface area contributed by atoms with Crippen LogP contribution < -0.4 is 0 Å². The molecule has 3 aromatic rings. The van der Waals surface area contributed by atoms with Crippen molar-refractivity contribution in [3.05, 3.63) is 76.7 Å². The molecular formula is C17H10ClFN4. The molecule has 4 nitrogen and oxygen atoms in total. The van der Waals surface area contributed by atoms with E-state index in [9.17, 15) is 4.39 Å². The number of hydrogen-bond acceptors (Lipinski definition) is 4. The van der Waals surface area contributed by atoms with Crippen LogP contribution in [0.5, 0.6) is 0 Å². The molecule has 3 heterocycles. The number of pyridine rings is 1. The highest BCUT2D eigenvalue weighted by molar-refractivity contribution is 6.31. The summed E-state index contributed by atoms with van der Waals surface area (Å²) in [6.45, 7) is 0.355. The largest absolute Gasteiger partial charge is 0.277 e. The van der Waals surface area contributed by atoms with Crippen LogP contribution in [0.25, 0.3) is 11.3 Å². The summed E-state index contributed by atoms with van der Waals surface area (Å²) in [6.07, 6.45) is 4.76. The SMILES string of the molecule is Fc1cccnc1C1=NCc2cncnc2-c2ccc(Cl)cc21. The van der Waals surface area contributed by atoms with E-state index in [2.05, 4.69) is 19.9 Å². The van der Waals surface area contributed by atoms with Gasteiger partial charge in [0.25, 0.3) is 0 Å². The first-order valence-corrected chi connectivity index (χ1v) is 7.36. The molecule has 0 spiro atoms. The van der Waals surface area contributed by atoms with Crippen molar-refractivity contribution in [3.63, 3.8) is 0 Å². The third-order valence-corrected chi connectivity index (χ3v) is 3.91. The van der Waals surface area contributed by atoms with E-state index >= 15 is 0 Å². The summed E-state index contributed by atoms with van der Waals surface area (Å²) in [7, 11) is 0. The molecule has 2 aromatic heterocycles. The zero-order valence-corrected chi connectivity index (χ0v) is 12.6. The smallest absolute Gasteiger partial charge is 0.151 e. The molecule has 0 saturated heterocycles. The Hall–Kier alpha value is -2.66. The molecule has 4 rings (SSSR count). The Kier molecular flexibility index (Phi) is 3.35. The van der Waals surface area contributed by atoms with Gasteiger partial charge in [-0.25, -0.2) is 14.4 Å². The number of aromatic nitrogens is 3. The second-order valence-electron chi connectivity index (χ2n) is 5.09. The lowest BCUT2D eigenvalue weighted by Gasteiger charge is -2.11. The Morgan fingerprint density at radius 3 is 2.83 bits per heavy atom. The fourth-order valence-electron chi connectivity index (χ4n) is 2.65. The van der Waals surface area contributed by atoms with Crippen molar-refractivity contribution in [2.45, 2.75) is 6.54 Å². The molecule has 1 aliphatic heterocycles. The third kappa shape index (κ3) is 2.39. The molecule has 112 valence electrons. The minimum absolute atomic E-state index is 0.205. The fourth-order valence-corrected chi connectivity index (χ4v) is 2.82. The van der Waals surface area contributed by atoms with Gasteiger partial charge in [0, 0.05) is 34.1 Å². The van der Waals surface area contributed by atoms with Crippen LogP contribution in [0, 0.1) is 5.82 Å². The molecule has 6 heteroatoms. The number of fused-ring (bicyclic) bond motifs is 3. The van der Waals surface area contributed by atoms with Crippen LogP contribution in [0.2, 0.25) is 5.02 Å². The van der Waals surface area contributed by atoms with Gasteiger partial charge in [-0.05, 0) is 24.3 Å². The first-order chi connectivity index (χ1) is 11.2. The average Bonchev–Trinajstić information content (AvgIpc) is 2.72. The molecular weight excluding hydrogens is 315 g/mol. The van der Waals surface area contributed by atoms with Gasteiger partial charge >= 0.3 is 0 Å². The number of rotatable bonds is 1. The van der Waals surface area contributed by atoms with Gasteiger partial charge in [-0.1, -0.05) is 17.7 Å². The van der Waals surface area contributed by atoms with Crippen molar-refractivity contribution in [2.24, 2.45) is 4.99 Å². The van der Waals surface area contributed by atoms with Gasteiger partial charge in [-0.3, -0.25) is 9.98 Å². The van der Waals surface area contributed by atoms with Crippen LogP contribution in [-0.4, -0.2) is 20.7 Å². The number of nitrogens with zero attached hydrogens (tertiary/aromatic N) is 4. The van der Waals surface area contributed by atoms with E-state index in [1.807, 2.05) is 6.07 Å². The average molecular weight is 325 g/mol. The zero-order valence-electron chi connectivity index (χ0n) is 11.9. The number of benzene rings is 1. The van der Waals surface area contributed by atoms with E-state index in [1.165, 1.54) is 12.4 Å². The lowest BCUT2D eigenvalue weighted by Crippen LogP contribution is -2.09. The lowest BCUT2D eigenvalue weighted by molar-refractivity contribution is 0.618. The minimum atomic E-state index is -0.422. The summed E-state index contributed by atoms with van der Waals surface area (Å²) in [5.74, 6) is -0.422. The molecule has 0 N–H and O–H groups in total. The molecule has 1 aromatic carbocycles. The molecule has 0 radical (unpaired) electrons. The van der Waals surface area contributed by atoms with Crippen LogP contribution in [-0.2, 0) is 6.54 Å². The monoisotopic (exact) mass is 324 g/mol. The Balaban J connectivity index is 2.02. The van der Waals surface area contributed by atoms with Crippen molar-refractivity contribution in [2.75, 3.05) is 0 Å². The fraction of sp³-hybridized carbons (Fsp3) is 0.0588. The van der Waals surface area contributed by atoms with Gasteiger partial charge < -0.3 is 0 Å². The van der Waals surface area contributed by atoms with Crippen molar-refractivity contribution in [1.82, 2.24) is 15.0 Å². The Morgan fingerprint density at radius 2 is 1.96 bits per heavy atom. The highest BCUT2D eigenvalue weighted by Crippen LogP contribution is 2.32. The molecule has 0 saturated carbocycles. The molecule has 23 heavy (non-hydrogen) atoms. The van der Waals surface area contributed by atoms with Gasteiger partial charge in [0.1, 0.15) is 12.0 Å². The van der Waals surface area contributed by atoms with Crippen LogP contribution in [0.15, 0.2) is 54.0 Å². The van der Waals surface area contributed by atoms with E-state index in [1.54, 1.807) is 30.6 Å². The van der Waals surface area contributed by atoms with E-state index in [-0.39, 0.29) is 5.69 Å². The predicted octanol–water partition coefficient (Wildman–Crippen LogP) is 3.68. The predicted molar refractivity (Wildman–Crippen MR) is 86.0 cm³/mol. The normalized spacial score (nSPS) is 12.9. The van der Waals surface area contributed by atoms with Gasteiger partial charge in [-0.2, -0.15) is 0 Å². The highest BCUT2D eigenvalue weighted by atomic mass is 35.5. The molecule has 0 bridgehead atoms. The van der Waals surface area contributed by atoms with E-state index in [4.69, 9.17) is 11.6 Å². The maximum atomic E-state index is 14.2. The van der Waals surface area contributed by atoms with Crippen molar-refractivity contribution in [3.8, 4) is 11.3 Å². The van der Waals surface area contributed by atoms with Crippen LogP contribution in [0.1, 0.15) is 16.8 Å². The van der Waals surface area contributed by atoms with Gasteiger partial charge in [0.15, 0.2) is 5.82 Å². The lowest BCUT2D eigenvalue weighted by atomic mass is 9.97. The first kappa shape index (κ1) is 14.0. The number of aliphatic imine (C=N–C) groups is 1. The topological polar surface area (TPSA) is 51.0 Å². The third-order valence-electron chi connectivity index (χ3n) is 3.67. The standard InChI is InChI=1S/C17H10ClFN4/c18-11-3-4-12-13(6-11)16(17-14(19)2-1-5-21-17)22-8-10-7-20-9-23-15(10)12/h1-7,9H,8H2. The summed E-state index contributed by atoms with van der Waals surface area (Å²) >= 11 is 6.15. The zero-order chi connectivity index (χ0) is 15.8. The summed E-state index contributed by atoms with van der Waals surface area (Å²) in [5.41, 5.74) is 3.89. The summed E-state index contributed by atoms with van der Waals surface area (Å²) in [4.78, 5) is 17.1. The van der Waals surface area contributed by atoms with E-state index in [0.29, 0.717) is 22.8 Å². The van der Waals surface area contributed by atoms with Crippen LogP contribution in [0.4, 0.5) is 4.39 Å². The van der Waals surface area contributed by atoms with E-state index in [0.717, 1.165) is 16.8 Å². The van der Waals surface area contributed by atoms with Gasteiger partial charge in [0.05, 0.1) is 18.0 Å². The minimum Gasteiger partial charge on any atom is -0.277 e. The number of hydrogen-bond donors (Lipinski definition) is 0. The molecule has 0 fully saturated rings. The first-order valence-electron chi connectivity index (χ1n) is 6.98. The Morgan fingerprint density at radius 1 is 1.04 bits per heavy atom. The van der Waals surface area contributed by atoms with Crippen molar-refractivity contribution in [1.29, 1.82) is 0 Å². The van der Waals surface area contributed by atoms with Gasteiger partial charge in [-0.15, -0.1) is 0 Å². The maximum absolute atomic E-state index is 14.2. The van der Waals surface area contributed by atoms with Gasteiger partial charge in [0.2, 0.25) is 0 Å². The van der Waals surface area contributed by atoms with Crippen molar-refractivity contribution >= 4 is 17.3 Å². The molecule has 0 aliphatic carbocycles. The Bertz CT molecular complexity index is 939. The van der Waals surface area contributed by atoms with E-state index < -0.39 is 5.82 Å². The summed E-state index contributed by atoms with van der Waals surface area (Å²) in [5, 5.41) is 0.547. The molecule has 1 aliphatic rings. The summed E-state index contributed by atoms with van der Waals surface area (Å²) in [6, 6.07) is 8.33. The quantitative estimate of drug-likeness (QED) is 0.686. The molecule has 0 atom stereocenters. The van der Waals surface area contributed by atoms with Crippen molar-refractivity contribution < 1.29 is 4.39 Å². The second kappa shape index (κ2) is 5.52. The summed E-state index contributed by atoms with van der Waals surface area (Å²) < 4.78 is 14.2. The molecule has 0 unspecified atom stereocenters. The second-order valence-corrected chi connectivity index (χ2v) is 5.52. The van der Waals surface area contributed by atoms with Crippen LogP contribution >= 0.6 is 11.6 Å². The highest BCUT2D eigenvalue weighted by Gasteiger charge is 2.22. The molecule has 0 amide bonds. The number of halogens is 2. The van der Waals surface area contributed by atoms with Crippen LogP contribution in [0.3, 0.4) is 0 Å². The Labute approximate surface area is 136 Å².